The van der Waals surface area contributed by atoms with Gasteiger partial charge in [0.2, 0.25) is 5.91 Å². The largest absolute Gasteiger partial charge is 0.482 e. The highest BCUT2D eigenvalue weighted by atomic mass is 16.5. The highest BCUT2D eigenvalue weighted by Gasteiger charge is 2.04. The Bertz CT molecular complexity index is 456. The van der Waals surface area contributed by atoms with Crippen molar-refractivity contribution in [3.63, 3.8) is 0 Å². The van der Waals surface area contributed by atoms with E-state index in [4.69, 9.17) is 14.6 Å². The molecule has 2 N–H and O–H groups in total. The topological polar surface area (TPSA) is 84.9 Å². The van der Waals surface area contributed by atoms with Gasteiger partial charge in [0.05, 0.1) is 6.10 Å². The number of hydrogen-bond donors (Lipinski definition) is 2. The first-order chi connectivity index (χ1) is 9.97. The van der Waals surface area contributed by atoms with E-state index in [1.807, 2.05) is 13.8 Å². The average Bonchev–Trinajstić information content (AvgIpc) is 2.42. The SMILES string of the molecule is CC(C)OCCCC(=O)Nc1ccc(OCC(=O)O)cc1. The maximum atomic E-state index is 11.7. The van der Waals surface area contributed by atoms with Crippen LogP contribution in [0.15, 0.2) is 24.3 Å². The molecule has 1 amide bonds. The van der Waals surface area contributed by atoms with Crippen LogP contribution in [0.3, 0.4) is 0 Å². The fourth-order valence-corrected chi connectivity index (χ4v) is 1.55. The molecule has 1 aromatic carbocycles. The number of carboxylic acid groups (broad SMARTS) is 1. The molecular weight excluding hydrogens is 274 g/mol. The number of carboxylic acids is 1. The summed E-state index contributed by atoms with van der Waals surface area (Å²) in [4.78, 5) is 22.0. The number of aliphatic carboxylic acids is 1. The van der Waals surface area contributed by atoms with Crippen molar-refractivity contribution in [2.24, 2.45) is 0 Å². The maximum absolute atomic E-state index is 11.7. The molecule has 0 saturated carbocycles. The lowest BCUT2D eigenvalue weighted by Gasteiger charge is -2.08. The summed E-state index contributed by atoms with van der Waals surface area (Å²) in [6, 6.07) is 6.56. The Hall–Kier alpha value is -2.08. The van der Waals surface area contributed by atoms with Gasteiger partial charge in [-0.1, -0.05) is 0 Å². The van der Waals surface area contributed by atoms with Gasteiger partial charge in [0.15, 0.2) is 6.61 Å². The monoisotopic (exact) mass is 295 g/mol. The van der Waals surface area contributed by atoms with Crippen LogP contribution in [0, 0.1) is 0 Å². The van der Waals surface area contributed by atoms with Crippen LogP contribution in [0.5, 0.6) is 5.75 Å². The standard InChI is InChI=1S/C15H21NO5/c1-11(2)20-9-3-4-14(17)16-12-5-7-13(8-6-12)21-10-15(18)19/h5-8,11H,3-4,9-10H2,1-2H3,(H,16,17)(H,18,19). The van der Waals surface area contributed by atoms with Crippen LogP contribution in [-0.4, -0.2) is 36.3 Å². The second-order valence-corrected chi connectivity index (χ2v) is 4.78. The van der Waals surface area contributed by atoms with Gasteiger partial charge in [0.25, 0.3) is 0 Å². The summed E-state index contributed by atoms with van der Waals surface area (Å²) in [6.07, 6.45) is 1.24. The average molecular weight is 295 g/mol. The normalized spacial score (nSPS) is 10.4. The van der Waals surface area contributed by atoms with Crippen molar-refractivity contribution >= 4 is 17.6 Å². The number of ether oxygens (including phenoxy) is 2. The Morgan fingerprint density at radius 2 is 1.90 bits per heavy atom. The van der Waals surface area contributed by atoms with Gasteiger partial charge < -0.3 is 19.9 Å². The third-order valence-electron chi connectivity index (χ3n) is 2.50. The van der Waals surface area contributed by atoms with E-state index < -0.39 is 5.97 Å². The molecule has 1 rings (SSSR count). The minimum atomic E-state index is -1.03. The summed E-state index contributed by atoms with van der Waals surface area (Å²) in [5.41, 5.74) is 0.646. The van der Waals surface area contributed by atoms with Crippen molar-refractivity contribution in [3.8, 4) is 5.75 Å². The molecule has 0 aliphatic rings. The van der Waals surface area contributed by atoms with E-state index in [0.717, 1.165) is 0 Å². The lowest BCUT2D eigenvalue weighted by molar-refractivity contribution is -0.139. The van der Waals surface area contributed by atoms with E-state index in [1.165, 1.54) is 0 Å². The molecule has 0 fully saturated rings. The van der Waals surface area contributed by atoms with Gasteiger partial charge in [-0.05, 0) is 44.5 Å². The zero-order valence-electron chi connectivity index (χ0n) is 12.3. The third kappa shape index (κ3) is 7.94. The Morgan fingerprint density at radius 3 is 2.48 bits per heavy atom. The summed E-state index contributed by atoms with van der Waals surface area (Å²) in [5.74, 6) is -0.668. The third-order valence-corrected chi connectivity index (χ3v) is 2.50. The van der Waals surface area contributed by atoms with Gasteiger partial charge in [0.1, 0.15) is 5.75 Å². The summed E-state index contributed by atoms with van der Waals surface area (Å²) in [5, 5.41) is 11.2. The molecule has 0 unspecified atom stereocenters. The van der Waals surface area contributed by atoms with Crippen molar-refractivity contribution in [2.75, 3.05) is 18.5 Å². The quantitative estimate of drug-likeness (QED) is 0.683. The first-order valence-corrected chi connectivity index (χ1v) is 6.83. The molecule has 0 aromatic heterocycles. The molecule has 6 nitrogen and oxygen atoms in total. The van der Waals surface area contributed by atoms with Gasteiger partial charge in [-0.25, -0.2) is 4.79 Å². The fourth-order valence-electron chi connectivity index (χ4n) is 1.55. The number of benzene rings is 1. The van der Waals surface area contributed by atoms with Gasteiger partial charge >= 0.3 is 5.97 Å². The van der Waals surface area contributed by atoms with Crippen LogP contribution >= 0.6 is 0 Å². The van der Waals surface area contributed by atoms with Crippen molar-refractivity contribution in [1.82, 2.24) is 0 Å². The summed E-state index contributed by atoms with van der Waals surface area (Å²) in [6.45, 7) is 4.08. The van der Waals surface area contributed by atoms with Gasteiger partial charge in [-0.15, -0.1) is 0 Å². The fraction of sp³-hybridized carbons (Fsp3) is 0.467. The van der Waals surface area contributed by atoms with Crippen molar-refractivity contribution < 1.29 is 24.2 Å². The molecule has 0 spiro atoms. The minimum absolute atomic E-state index is 0.0819. The molecule has 116 valence electrons. The summed E-state index contributed by atoms with van der Waals surface area (Å²) >= 11 is 0. The maximum Gasteiger partial charge on any atom is 0.341 e. The number of carbonyl (C=O) groups excluding carboxylic acids is 1. The number of hydrogen-bond acceptors (Lipinski definition) is 4. The van der Waals surface area contributed by atoms with Crippen LogP contribution in [0.4, 0.5) is 5.69 Å². The van der Waals surface area contributed by atoms with Crippen molar-refractivity contribution in [1.29, 1.82) is 0 Å². The lowest BCUT2D eigenvalue weighted by atomic mass is 10.2. The van der Waals surface area contributed by atoms with E-state index in [0.29, 0.717) is 30.9 Å². The minimum Gasteiger partial charge on any atom is -0.482 e. The highest BCUT2D eigenvalue weighted by Crippen LogP contribution is 2.16. The van der Waals surface area contributed by atoms with Crippen LogP contribution in [0.25, 0.3) is 0 Å². The number of nitrogens with one attached hydrogen (secondary N) is 1. The Balaban J connectivity index is 2.30. The Labute approximate surface area is 124 Å². The molecule has 0 heterocycles. The molecule has 0 saturated heterocycles. The second-order valence-electron chi connectivity index (χ2n) is 4.78. The predicted molar refractivity (Wildman–Crippen MR) is 78.5 cm³/mol. The number of rotatable bonds is 9. The van der Waals surface area contributed by atoms with Crippen molar-refractivity contribution in [3.05, 3.63) is 24.3 Å². The van der Waals surface area contributed by atoms with Gasteiger partial charge in [-0.3, -0.25) is 4.79 Å². The van der Waals surface area contributed by atoms with Crippen molar-refractivity contribution in [2.45, 2.75) is 32.8 Å². The number of anilines is 1. The lowest BCUT2D eigenvalue weighted by Crippen LogP contribution is -2.13. The van der Waals surface area contributed by atoms with E-state index in [2.05, 4.69) is 5.32 Å². The molecule has 21 heavy (non-hydrogen) atoms. The predicted octanol–water partition coefficient (Wildman–Crippen LogP) is 2.29. The van der Waals surface area contributed by atoms with Crippen LogP contribution in [0.1, 0.15) is 26.7 Å². The molecule has 1 aromatic rings. The first kappa shape index (κ1) is 17.0. The summed E-state index contributed by atoms with van der Waals surface area (Å²) < 4.78 is 10.4. The van der Waals surface area contributed by atoms with Crippen LogP contribution in [0.2, 0.25) is 0 Å². The number of amides is 1. The molecular formula is C15H21NO5. The van der Waals surface area contributed by atoms with E-state index in [1.54, 1.807) is 24.3 Å². The summed E-state index contributed by atoms with van der Waals surface area (Å²) in [7, 11) is 0. The van der Waals surface area contributed by atoms with E-state index in [9.17, 15) is 9.59 Å². The Kier molecular flexibility index (Phi) is 7.25. The zero-order chi connectivity index (χ0) is 15.7. The second kappa shape index (κ2) is 8.97. The molecule has 6 heteroatoms. The highest BCUT2D eigenvalue weighted by molar-refractivity contribution is 5.90. The number of carbonyl (C=O) groups is 2. The van der Waals surface area contributed by atoms with Crippen LogP contribution in [-0.2, 0) is 14.3 Å². The van der Waals surface area contributed by atoms with E-state index >= 15 is 0 Å². The van der Waals surface area contributed by atoms with Crippen LogP contribution < -0.4 is 10.1 Å². The zero-order valence-corrected chi connectivity index (χ0v) is 12.3. The van der Waals surface area contributed by atoms with Gasteiger partial charge in [-0.2, -0.15) is 0 Å². The Morgan fingerprint density at radius 1 is 1.24 bits per heavy atom. The first-order valence-electron chi connectivity index (χ1n) is 6.83. The molecule has 0 bridgehead atoms. The molecule has 0 aliphatic carbocycles. The van der Waals surface area contributed by atoms with Gasteiger partial charge in [0, 0.05) is 18.7 Å². The smallest absolute Gasteiger partial charge is 0.341 e. The molecule has 0 aliphatic heterocycles. The molecule has 0 atom stereocenters. The van der Waals surface area contributed by atoms with E-state index in [-0.39, 0.29) is 18.6 Å². The molecule has 0 radical (unpaired) electrons.